The van der Waals surface area contributed by atoms with Gasteiger partial charge in [0, 0.05) is 10.8 Å². The van der Waals surface area contributed by atoms with E-state index in [1.807, 2.05) is 0 Å². The molecule has 0 rings (SSSR count). The summed E-state index contributed by atoms with van der Waals surface area (Å²) in [5, 5.41) is 0. The zero-order chi connectivity index (χ0) is 20.6. The minimum atomic E-state index is -8.12. The summed E-state index contributed by atoms with van der Waals surface area (Å²) in [6.07, 6.45) is -5.13. The van der Waals surface area contributed by atoms with Crippen LogP contribution in [-0.4, -0.2) is 34.5 Å². The minimum absolute atomic E-state index is 1.41. The normalized spacial score (nSPS) is 18.8. The van der Waals surface area contributed by atoms with Crippen LogP contribution in [-0.2, 0) is 4.74 Å². The lowest BCUT2D eigenvalue weighted by atomic mass is 10.7. The van der Waals surface area contributed by atoms with Crippen molar-refractivity contribution < 1.29 is 53.0 Å². The van der Waals surface area contributed by atoms with E-state index in [0.29, 0.717) is 0 Å². The summed E-state index contributed by atoms with van der Waals surface area (Å²) in [7, 11) is 4.68. The van der Waals surface area contributed by atoms with Crippen LogP contribution in [0.1, 0.15) is 0 Å². The van der Waals surface area contributed by atoms with Crippen LogP contribution in [0.25, 0.3) is 0 Å². The Morgan fingerprint density at radius 3 is 1.60 bits per heavy atom. The molecule has 1 unspecified atom stereocenters. The summed E-state index contributed by atoms with van der Waals surface area (Å²) in [5.41, 5.74) is -12.3. The molecule has 0 bridgehead atoms. The molecule has 0 N–H and O–H groups in total. The fourth-order valence-corrected chi connectivity index (χ4v) is 18.4. The van der Waals surface area contributed by atoms with Gasteiger partial charge in [-0.2, -0.15) is 48.3 Å². The van der Waals surface area contributed by atoms with Gasteiger partial charge in [0.1, 0.15) is 6.61 Å². The topological polar surface area (TPSA) is 9.23 Å². The van der Waals surface area contributed by atoms with Gasteiger partial charge in [0.2, 0.25) is 0 Å². The SMILES string of the molecule is FC(F)SS(Cl)(Cl)(SC(Cl)OCC(F)(F)F)(SC(F)(F)F)C(F)(F)F. The summed E-state index contributed by atoms with van der Waals surface area (Å²) in [5.74, 6) is -4.19. The van der Waals surface area contributed by atoms with Crippen LogP contribution in [0.3, 0.4) is 0 Å². The predicted octanol–water partition coefficient (Wildman–Crippen LogP) is 8.48. The molecule has 0 saturated heterocycles. The molecule has 1 atom stereocenters. The highest BCUT2D eigenvalue weighted by atomic mass is 36.1. The van der Waals surface area contributed by atoms with Gasteiger partial charge in [0.15, 0.2) is 4.90 Å². The number of alkyl halides is 12. The van der Waals surface area contributed by atoms with Crippen molar-refractivity contribution in [2.75, 3.05) is 6.61 Å². The molecule has 0 aliphatic carbocycles. The van der Waals surface area contributed by atoms with Crippen LogP contribution >= 0.6 is 69.2 Å². The van der Waals surface area contributed by atoms with Crippen LogP contribution in [0.15, 0.2) is 0 Å². The number of halogens is 14. The highest BCUT2D eigenvalue weighted by molar-refractivity contribution is 9.75. The second-order valence-corrected chi connectivity index (χ2v) is 28.1. The van der Waals surface area contributed by atoms with Crippen LogP contribution in [0, 0.1) is 0 Å². The minimum Gasteiger partial charge on any atom is -0.343 e. The fourth-order valence-electron chi connectivity index (χ4n) is 0.909. The second kappa shape index (κ2) is 7.37. The molecule has 0 aromatic carbocycles. The van der Waals surface area contributed by atoms with Crippen molar-refractivity contribution in [1.29, 1.82) is 0 Å². The van der Waals surface area contributed by atoms with E-state index in [9.17, 15) is 48.3 Å². The molecule has 0 aromatic rings. The van der Waals surface area contributed by atoms with Crippen molar-refractivity contribution in [1.82, 2.24) is 0 Å². The van der Waals surface area contributed by atoms with Gasteiger partial charge in [-0.05, 0) is 43.0 Å². The van der Waals surface area contributed by atoms with Crippen LogP contribution < -0.4 is 0 Å². The molecule has 156 valence electrons. The highest BCUT2D eigenvalue weighted by Crippen LogP contribution is 3.24. The van der Waals surface area contributed by atoms with E-state index >= 15 is 0 Å². The maximum Gasteiger partial charge on any atom is 0.458 e. The summed E-state index contributed by atoms with van der Waals surface area (Å²) >= 11 is 5.03. The molecule has 0 radical (unpaired) electrons. The molecule has 0 aromatic heterocycles. The maximum atomic E-state index is 13.4. The van der Waals surface area contributed by atoms with Gasteiger partial charge in [-0.3, -0.25) is 0 Å². The molecule has 19 heteroatoms. The van der Waals surface area contributed by atoms with Gasteiger partial charge in [0.25, 0.3) is 5.76 Å². The zero-order valence-corrected chi connectivity index (χ0v) is 16.2. The molecule has 0 heterocycles. The van der Waals surface area contributed by atoms with Crippen LogP contribution in [0.5, 0.6) is 0 Å². The summed E-state index contributed by atoms with van der Waals surface area (Å²) in [6.45, 7) is -2.29. The van der Waals surface area contributed by atoms with Crippen molar-refractivity contribution in [2.45, 2.75) is 27.8 Å². The van der Waals surface area contributed by atoms with Gasteiger partial charge in [-0.25, -0.2) is 0 Å². The Balaban J connectivity index is 6.13. The Morgan fingerprint density at radius 2 is 1.32 bits per heavy atom. The summed E-state index contributed by atoms with van der Waals surface area (Å²) in [6, 6.07) is 0. The van der Waals surface area contributed by atoms with E-state index in [4.69, 9.17) is 33.0 Å². The first kappa shape index (κ1) is 26.5. The molecule has 0 spiro atoms. The van der Waals surface area contributed by atoms with Gasteiger partial charge in [-0.1, -0.05) is 11.6 Å². The summed E-state index contributed by atoms with van der Waals surface area (Å²) in [4.78, 5) is -2.89. The van der Waals surface area contributed by atoms with Crippen molar-refractivity contribution in [2.24, 2.45) is 0 Å². The molecule has 0 saturated carbocycles. The van der Waals surface area contributed by atoms with E-state index in [1.165, 1.54) is 0 Å². The Kier molecular flexibility index (Phi) is 7.80. The van der Waals surface area contributed by atoms with Gasteiger partial charge >= 0.3 is 17.2 Å². The highest BCUT2D eigenvalue weighted by Gasteiger charge is 2.84. The quantitative estimate of drug-likeness (QED) is 0.140. The van der Waals surface area contributed by atoms with Crippen molar-refractivity contribution >= 4 is 69.2 Å². The summed E-state index contributed by atoms with van der Waals surface area (Å²) < 4.78 is 135. The Bertz CT molecular complexity index is 492. The van der Waals surface area contributed by atoms with Crippen molar-refractivity contribution in [3.8, 4) is 0 Å². The molecule has 0 aliphatic heterocycles. The smallest absolute Gasteiger partial charge is 0.343 e. The average molecular weight is 536 g/mol. The van der Waals surface area contributed by atoms with Crippen molar-refractivity contribution in [3.05, 3.63) is 0 Å². The Morgan fingerprint density at radius 1 is 0.880 bits per heavy atom. The van der Waals surface area contributed by atoms with E-state index in [0.717, 1.165) is 0 Å². The first-order valence-corrected chi connectivity index (χ1v) is 13.6. The molecule has 0 aliphatic rings. The third-order valence-corrected chi connectivity index (χ3v) is 20.6. The molecular formula is C6H4Cl3F11OS4. The maximum absolute atomic E-state index is 13.4. The largest absolute Gasteiger partial charge is 0.458 e. The number of hydrogen-bond donors (Lipinski definition) is 0. The van der Waals surface area contributed by atoms with Gasteiger partial charge in [0.05, 0.1) is 3.82 Å². The lowest BCUT2D eigenvalue weighted by molar-refractivity contribution is -0.171. The van der Waals surface area contributed by atoms with Gasteiger partial charge < -0.3 is 4.74 Å². The van der Waals surface area contributed by atoms with E-state index < -0.39 is 70.7 Å². The molecule has 0 fully saturated rings. The molecule has 0 amide bonds. The fraction of sp³-hybridized carbons (Fsp3) is 1.00. The van der Waals surface area contributed by atoms with Crippen LogP contribution in [0.2, 0.25) is 0 Å². The monoisotopic (exact) mass is 534 g/mol. The third kappa shape index (κ3) is 7.09. The number of hydrogen-bond acceptors (Lipinski definition) is 4. The molecule has 25 heavy (non-hydrogen) atoms. The number of rotatable bonds is 7. The first-order valence-electron chi connectivity index (χ1n) is 4.92. The Hall–Kier alpha value is 1.46. The lowest BCUT2D eigenvalue weighted by Crippen LogP contribution is -2.35. The zero-order valence-electron chi connectivity index (χ0n) is 10.7. The number of ether oxygens (including phenoxy) is 1. The predicted molar refractivity (Wildman–Crippen MR) is 81.8 cm³/mol. The van der Waals surface area contributed by atoms with E-state index in [2.05, 4.69) is 4.74 Å². The molecular weight excluding hydrogens is 532 g/mol. The van der Waals surface area contributed by atoms with E-state index in [-0.39, 0.29) is 0 Å². The Labute approximate surface area is 156 Å². The van der Waals surface area contributed by atoms with E-state index in [1.54, 1.807) is 0 Å². The average Bonchev–Trinajstić information content (AvgIpc) is 2.18. The molecule has 1 nitrogen and oxygen atoms in total. The second-order valence-electron chi connectivity index (χ2n) is 3.67. The first-order chi connectivity index (χ1) is 10.6. The third-order valence-electron chi connectivity index (χ3n) is 1.65. The van der Waals surface area contributed by atoms with Gasteiger partial charge in [-0.15, -0.1) is 0 Å². The lowest BCUT2D eigenvalue weighted by Gasteiger charge is -2.64. The van der Waals surface area contributed by atoms with Crippen molar-refractivity contribution in [3.63, 3.8) is 0 Å². The van der Waals surface area contributed by atoms with Crippen LogP contribution in [0.4, 0.5) is 48.3 Å². The standard InChI is InChI=1S/C6H4Cl3F11OS4/c7-2(21-1-4(12,13)14)22-25(8,9,6(18,19)20,23-3(10)11)24-5(15,16)17/h2-3H,1H2.